The van der Waals surface area contributed by atoms with Crippen LogP contribution < -0.4 is 11.1 Å². The highest BCUT2D eigenvalue weighted by Gasteiger charge is 2.12. The van der Waals surface area contributed by atoms with Crippen LogP contribution in [0.5, 0.6) is 0 Å². The zero-order valence-electron chi connectivity index (χ0n) is 14.9. The molecule has 0 spiro atoms. The number of halogens is 1. The summed E-state index contributed by atoms with van der Waals surface area (Å²) in [6, 6.07) is 9.00. The summed E-state index contributed by atoms with van der Waals surface area (Å²) >= 11 is 9.14. The van der Waals surface area contributed by atoms with Gasteiger partial charge in [0.1, 0.15) is 0 Å². The van der Waals surface area contributed by atoms with E-state index in [0.717, 1.165) is 20.5 Å². The average Bonchev–Trinajstić information content (AvgIpc) is 3.36. The zero-order chi connectivity index (χ0) is 19.7. The molecule has 0 fully saturated rings. The number of benzene rings is 1. The number of carbonyl (C=O) groups excluding carboxylic acids is 1. The molecule has 4 rings (SSSR count). The van der Waals surface area contributed by atoms with Crippen molar-refractivity contribution < 1.29 is 9.21 Å². The fraction of sp³-hybridized carbons (Fsp3) is 0.211. The number of amides is 1. The first-order chi connectivity index (χ1) is 13.5. The lowest BCUT2D eigenvalue weighted by molar-refractivity contribution is -0.121. The van der Waals surface area contributed by atoms with Crippen LogP contribution >= 0.6 is 34.3 Å². The molecule has 0 unspecified atom stereocenters. The Hall–Kier alpha value is -2.42. The van der Waals surface area contributed by atoms with Crippen LogP contribution in [0.2, 0.25) is 5.02 Å². The molecule has 0 aliphatic heterocycles. The first-order valence-corrected chi connectivity index (χ1v) is 10.6. The minimum atomic E-state index is -0.494. The number of nitrogens with one attached hydrogen (secondary N) is 1. The maximum atomic E-state index is 12.2. The highest BCUT2D eigenvalue weighted by Crippen LogP contribution is 2.29. The van der Waals surface area contributed by atoms with Gasteiger partial charge in [-0.25, -0.2) is 9.78 Å². The van der Waals surface area contributed by atoms with Gasteiger partial charge in [0, 0.05) is 34.3 Å². The number of thiazole rings is 1. The monoisotopic (exact) mass is 433 g/mol. The van der Waals surface area contributed by atoms with Crippen LogP contribution in [-0.4, -0.2) is 15.5 Å². The highest BCUT2D eigenvalue weighted by molar-refractivity contribution is 7.16. The summed E-state index contributed by atoms with van der Waals surface area (Å²) in [7, 11) is 0. The third-order valence-corrected chi connectivity index (χ3v) is 6.30. The largest absolute Gasteiger partial charge is 0.419 e. The number of fused-ring (bicyclic) bond motifs is 1. The van der Waals surface area contributed by atoms with Gasteiger partial charge in [0.05, 0.1) is 27.6 Å². The van der Waals surface area contributed by atoms with E-state index >= 15 is 0 Å². The van der Waals surface area contributed by atoms with Gasteiger partial charge in [-0.2, -0.15) is 0 Å². The van der Waals surface area contributed by atoms with Crippen molar-refractivity contribution in [2.45, 2.75) is 26.4 Å². The molecular formula is C19H16ClN3O3S2. The highest BCUT2D eigenvalue weighted by atomic mass is 35.5. The fourth-order valence-electron chi connectivity index (χ4n) is 2.83. The maximum Gasteiger partial charge on any atom is 0.419 e. The summed E-state index contributed by atoms with van der Waals surface area (Å²) in [5.41, 5.74) is 2.02. The van der Waals surface area contributed by atoms with Crippen LogP contribution in [0.25, 0.3) is 21.7 Å². The summed E-state index contributed by atoms with van der Waals surface area (Å²) in [6.45, 7) is 2.67. The smallest absolute Gasteiger partial charge is 0.408 e. The summed E-state index contributed by atoms with van der Waals surface area (Å²) in [4.78, 5) is 30.8. The first kappa shape index (κ1) is 18.9. The van der Waals surface area contributed by atoms with Crippen molar-refractivity contribution in [3.8, 4) is 10.6 Å². The minimum absolute atomic E-state index is 0.130. The summed E-state index contributed by atoms with van der Waals surface area (Å²) in [5, 5.41) is 6.45. The number of rotatable bonds is 6. The number of aryl methyl sites for hydroxylation is 2. The molecule has 0 bridgehead atoms. The molecule has 3 heterocycles. The van der Waals surface area contributed by atoms with E-state index in [1.807, 2.05) is 24.4 Å². The molecule has 1 amide bonds. The topological polar surface area (TPSA) is 77.1 Å². The standard InChI is InChI=1S/C19H16ClN3O3S2/c1-11-22-14(10-27-11)17-5-3-13(28-17)9-21-18(24)6-7-23-15-4-2-12(20)8-16(15)26-19(23)25/h2-5,8,10H,6-7,9H2,1H3,(H,21,24). The second-order valence-corrected chi connectivity index (χ2v) is 8.84. The zero-order valence-corrected chi connectivity index (χ0v) is 17.3. The van der Waals surface area contributed by atoms with Crippen LogP contribution in [0.1, 0.15) is 16.3 Å². The summed E-state index contributed by atoms with van der Waals surface area (Å²) in [5.74, 6) is -0.624. The van der Waals surface area contributed by atoms with Crippen LogP contribution in [-0.2, 0) is 17.9 Å². The van der Waals surface area contributed by atoms with E-state index in [0.29, 0.717) is 22.7 Å². The molecule has 28 heavy (non-hydrogen) atoms. The number of aromatic nitrogens is 2. The Kier molecular flexibility index (Phi) is 5.34. The van der Waals surface area contributed by atoms with E-state index in [-0.39, 0.29) is 18.9 Å². The Bertz CT molecular complexity index is 1200. The summed E-state index contributed by atoms with van der Waals surface area (Å²) in [6.07, 6.45) is 0.181. The van der Waals surface area contributed by atoms with Crippen molar-refractivity contribution in [3.63, 3.8) is 0 Å². The Morgan fingerprint density at radius 1 is 1.32 bits per heavy atom. The van der Waals surface area contributed by atoms with Gasteiger partial charge in [-0.1, -0.05) is 11.6 Å². The van der Waals surface area contributed by atoms with E-state index in [4.69, 9.17) is 16.0 Å². The number of hydrogen-bond donors (Lipinski definition) is 1. The van der Waals surface area contributed by atoms with Gasteiger partial charge < -0.3 is 9.73 Å². The second kappa shape index (κ2) is 7.90. The quantitative estimate of drug-likeness (QED) is 0.487. The third kappa shape index (κ3) is 4.04. The van der Waals surface area contributed by atoms with Crippen LogP contribution in [0.3, 0.4) is 0 Å². The Labute approximate surface area is 173 Å². The molecule has 6 nitrogen and oxygen atoms in total. The van der Waals surface area contributed by atoms with Crippen molar-refractivity contribution in [2.75, 3.05) is 0 Å². The minimum Gasteiger partial charge on any atom is -0.408 e. The maximum absolute atomic E-state index is 12.2. The van der Waals surface area contributed by atoms with Crippen molar-refractivity contribution >= 4 is 51.3 Å². The van der Waals surface area contributed by atoms with E-state index in [1.165, 1.54) is 4.57 Å². The molecule has 0 aliphatic rings. The van der Waals surface area contributed by atoms with Crippen molar-refractivity contribution in [1.82, 2.24) is 14.9 Å². The van der Waals surface area contributed by atoms with Gasteiger partial charge in [-0.15, -0.1) is 22.7 Å². The number of hydrogen-bond acceptors (Lipinski definition) is 6. The Morgan fingerprint density at radius 3 is 2.96 bits per heavy atom. The number of carbonyl (C=O) groups is 1. The summed E-state index contributed by atoms with van der Waals surface area (Å²) < 4.78 is 6.62. The molecule has 0 aliphatic carbocycles. The first-order valence-electron chi connectivity index (χ1n) is 8.56. The Morgan fingerprint density at radius 2 is 2.18 bits per heavy atom. The predicted octanol–water partition coefficient (Wildman–Crippen LogP) is 4.45. The van der Waals surface area contributed by atoms with Gasteiger partial charge in [-0.3, -0.25) is 9.36 Å². The van der Waals surface area contributed by atoms with E-state index < -0.39 is 5.76 Å². The number of oxazole rings is 1. The SMILES string of the molecule is Cc1nc(-c2ccc(CNC(=O)CCn3c(=O)oc4cc(Cl)ccc43)s2)cs1. The molecule has 4 aromatic rings. The van der Waals surface area contributed by atoms with E-state index in [2.05, 4.69) is 10.3 Å². The molecule has 0 radical (unpaired) electrons. The van der Waals surface area contributed by atoms with Gasteiger partial charge in [0.15, 0.2) is 5.58 Å². The van der Waals surface area contributed by atoms with Crippen LogP contribution in [0.4, 0.5) is 0 Å². The van der Waals surface area contributed by atoms with E-state index in [1.54, 1.807) is 40.9 Å². The van der Waals surface area contributed by atoms with Crippen molar-refractivity contribution in [1.29, 1.82) is 0 Å². The van der Waals surface area contributed by atoms with Crippen LogP contribution in [0, 0.1) is 6.92 Å². The molecule has 9 heteroatoms. The number of thiophene rings is 1. The lowest BCUT2D eigenvalue weighted by Gasteiger charge is -2.04. The van der Waals surface area contributed by atoms with Crippen molar-refractivity contribution in [2.24, 2.45) is 0 Å². The lowest BCUT2D eigenvalue weighted by Crippen LogP contribution is -2.25. The van der Waals surface area contributed by atoms with Crippen molar-refractivity contribution in [3.05, 3.63) is 61.2 Å². The average molecular weight is 434 g/mol. The second-order valence-electron chi connectivity index (χ2n) is 6.18. The molecule has 0 saturated carbocycles. The van der Waals surface area contributed by atoms with Gasteiger partial charge in [0.25, 0.3) is 0 Å². The molecule has 1 N–H and O–H groups in total. The third-order valence-electron chi connectivity index (χ3n) is 4.19. The lowest BCUT2D eigenvalue weighted by atomic mass is 10.3. The number of nitrogens with zero attached hydrogens (tertiary/aromatic N) is 2. The van der Waals surface area contributed by atoms with Gasteiger partial charge in [-0.05, 0) is 31.2 Å². The fourth-order valence-corrected chi connectivity index (χ4v) is 4.58. The van der Waals surface area contributed by atoms with Gasteiger partial charge in [0.2, 0.25) is 5.91 Å². The molecular weight excluding hydrogens is 418 g/mol. The molecule has 144 valence electrons. The molecule has 0 saturated heterocycles. The molecule has 3 aromatic heterocycles. The van der Waals surface area contributed by atoms with E-state index in [9.17, 15) is 9.59 Å². The molecule has 1 aromatic carbocycles. The normalized spacial score (nSPS) is 11.2. The van der Waals surface area contributed by atoms with Gasteiger partial charge >= 0.3 is 5.76 Å². The Balaban J connectivity index is 1.35. The predicted molar refractivity (Wildman–Crippen MR) is 112 cm³/mol. The molecule has 0 atom stereocenters. The van der Waals surface area contributed by atoms with Crippen LogP contribution in [0.15, 0.2) is 44.9 Å².